The van der Waals surface area contributed by atoms with Gasteiger partial charge >= 0.3 is 0 Å². The number of benzene rings is 2. The highest BCUT2D eigenvalue weighted by Crippen LogP contribution is 2.37. The average molecular weight is 453 g/mol. The first-order valence-corrected chi connectivity index (χ1v) is 12.0. The number of nitrogens with zero attached hydrogens (tertiary/aromatic N) is 2. The van der Waals surface area contributed by atoms with Crippen LogP contribution in [0.4, 0.5) is 5.69 Å². The van der Waals surface area contributed by atoms with Crippen LogP contribution in [-0.2, 0) is 30.6 Å². The largest absolute Gasteiger partial charge is 0.312 e. The molecule has 0 spiro atoms. The Morgan fingerprint density at radius 2 is 1.62 bits per heavy atom. The van der Waals surface area contributed by atoms with Crippen molar-refractivity contribution in [3.63, 3.8) is 0 Å². The predicted octanol–water partition coefficient (Wildman–Crippen LogP) is 5.14. The van der Waals surface area contributed by atoms with Gasteiger partial charge in [0.15, 0.2) is 5.78 Å². The molecule has 3 heterocycles. The summed E-state index contributed by atoms with van der Waals surface area (Å²) in [5.74, 6) is 0.497. The number of fused-ring (bicyclic) bond motifs is 1. The maximum absolute atomic E-state index is 12.8. The summed E-state index contributed by atoms with van der Waals surface area (Å²) in [6.07, 6.45) is 8.50. The number of unbranched alkanes of at least 4 members (excludes halogenated alkanes) is 2. The smallest absolute Gasteiger partial charge is 0.227 e. The fourth-order valence-corrected chi connectivity index (χ4v) is 5.52. The van der Waals surface area contributed by atoms with Gasteiger partial charge in [-0.15, -0.1) is 12.4 Å². The average Bonchev–Trinajstić information content (AvgIpc) is 3.11. The number of halogens is 1. The van der Waals surface area contributed by atoms with Gasteiger partial charge in [0.05, 0.1) is 5.69 Å². The quantitative estimate of drug-likeness (QED) is 0.431. The second-order valence-electron chi connectivity index (χ2n) is 9.32. The summed E-state index contributed by atoms with van der Waals surface area (Å²) in [7, 11) is 0. The Bertz CT molecular complexity index is 1000. The van der Waals surface area contributed by atoms with Crippen molar-refractivity contribution in [2.24, 2.45) is 0 Å². The van der Waals surface area contributed by atoms with Crippen molar-refractivity contribution < 1.29 is 9.59 Å². The molecule has 3 aliphatic rings. The van der Waals surface area contributed by atoms with E-state index in [4.69, 9.17) is 0 Å². The molecule has 0 fully saturated rings. The van der Waals surface area contributed by atoms with Gasteiger partial charge < -0.3 is 4.90 Å². The first kappa shape index (κ1) is 23.0. The standard InChI is InChI=1S/C27H32N2O2.ClH/c30-25(24-17-21-11-12-26(31)29-16-13-22(18-24)27(21)29)10-2-1-5-14-28-15-6-9-20-7-3-4-8-23(20)19-28;/h3-4,7-8,17-18H,1-2,5-6,9-16,19H2;1H. The van der Waals surface area contributed by atoms with E-state index in [9.17, 15) is 9.59 Å². The van der Waals surface area contributed by atoms with E-state index in [1.807, 2.05) is 4.90 Å². The molecule has 5 heteroatoms. The summed E-state index contributed by atoms with van der Waals surface area (Å²) in [4.78, 5) is 29.4. The molecule has 4 nitrogen and oxygen atoms in total. The molecule has 32 heavy (non-hydrogen) atoms. The Morgan fingerprint density at radius 1 is 0.844 bits per heavy atom. The Morgan fingerprint density at radius 3 is 2.47 bits per heavy atom. The van der Waals surface area contributed by atoms with Crippen LogP contribution in [0, 0.1) is 0 Å². The SMILES string of the molecule is Cl.O=C(CCCCCN1CCCc2ccccc2C1)c1cc2c3c(c1)CCN3C(=O)CC2. The van der Waals surface area contributed by atoms with Crippen LogP contribution in [0.15, 0.2) is 36.4 Å². The second-order valence-corrected chi connectivity index (χ2v) is 9.32. The lowest BCUT2D eigenvalue weighted by atomic mass is 9.94. The van der Waals surface area contributed by atoms with Crippen molar-refractivity contribution in [1.82, 2.24) is 4.90 Å². The number of anilines is 1. The monoisotopic (exact) mass is 452 g/mol. The van der Waals surface area contributed by atoms with Crippen LogP contribution in [0.25, 0.3) is 0 Å². The minimum Gasteiger partial charge on any atom is -0.312 e. The van der Waals surface area contributed by atoms with Gasteiger partial charge in [-0.25, -0.2) is 0 Å². The predicted molar refractivity (Wildman–Crippen MR) is 131 cm³/mol. The van der Waals surface area contributed by atoms with E-state index in [-0.39, 0.29) is 24.1 Å². The third-order valence-electron chi connectivity index (χ3n) is 7.18. The van der Waals surface area contributed by atoms with Crippen molar-refractivity contribution in [2.45, 2.75) is 64.3 Å². The maximum Gasteiger partial charge on any atom is 0.227 e. The van der Waals surface area contributed by atoms with E-state index in [2.05, 4.69) is 41.3 Å². The number of hydrogen-bond acceptors (Lipinski definition) is 3. The minimum atomic E-state index is 0. The molecule has 0 saturated carbocycles. The number of ketones is 1. The molecule has 5 rings (SSSR count). The number of hydrogen-bond donors (Lipinski definition) is 0. The number of carbonyl (C=O) groups excluding carboxylic acids is 2. The molecule has 3 aliphatic heterocycles. The van der Waals surface area contributed by atoms with Crippen LogP contribution in [0.2, 0.25) is 0 Å². The molecule has 0 radical (unpaired) electrons. The number of carbonyl (C=O) groups is 2. The summed E-state index contributed by atoms with van der Waals surface area (Å²) >= 11 is 0. The minimum absolute atomic E-state index is 0. The molecule has 0 aliphatic carbocycles. The van der Waals surface area contributed by atoms with Gasteiger partial charge in [0.1, 0.15) is 0 Å². The Hall–Kier alpha value is -2.17. The fraction of sp³-hybridized carbons (Fsp3) is 0.481. The highest BCUT2D eigenvalue weighted by atomic mass is 35.5. The van der Waals surface area contributed by atoms with Gasteiger partial charge in [-0.3, -0.25) is 14.5 Å². The zero-order valence-electron chi connectivity index (χ0n) is 18.8. The van der Waals surface area contributed by atoms with E-state index < -0.39 is 0 Å². The zero-order valence-corrected chi connectivity index (χ0v) is 19.6. The van der Waals surface area contributed by atoms with Crippen LogP contribution in [0.1, 0.15) is 71.1 Å². The van der Waals surface area contributed by atoms with Crippen LogP contribution in [-0.4, -0.2) is 36.2 Å². The maximum atomic E-state index is 12.8. The van der Waals surface area contributed by atoms with E-state index in [1.54, 1.807) is 0 Å². The fourth-order valence-electron chi connectivity index (χ4n) is 5.52. The van der Waals surface area contributed by atoms with Crippen molar-refractivity contribution in [3.05, 3.63) is 64.2 Å². The Labute approximate surface area is 197 Å². The lowest BCUT2D eigenvalue weighted by molar-refractivity contribution is -0.118. The number of aryl methyl sites for hydroxylation is 2. The number of amides is 1. The highest BCUT2D eigenvalue weighted by molar-refractivity contribution is 6.02. The topological polar surface area (TPSA) is 40.6 Å². The molecule has 2 aromatic carbocycles. The summed E-state index contributed by atoms with van der Waals surface area (Å²) in [6, 6.07) is 12.9. The molecule has 2 aromatic rings. The van der Waals surface area contributed by atoms with Crippen LogP contribution >= 0.6 is 12.4 Å². The summed E-state index contributed by atoms with van der Waals surface area (Å²) in [6.45, 7) is 4.13. The number of rotatable bonds is 7. The van der Waals surface area contributed by atoms with Gasteiger partial charge in [0.25, 0.3) is 0 Å². The van der Waals surface area contributed by atoms with Crippen LogP contribution in [0.5, 0.6) is 0 Å². The van der Waals surface area contributed by atoms with Gasteiger partial charge in [0, 0.05) is 31.5 Å². The van der Waals surface area contributed by atoms with Crippen molar-refractivity contribution in [2.75, 3.05) is 24.5 Å². The zero-order chi connectivity index (χ0) is 21.2. The summed E-state index contributed by atoms with van der Waals surface area (Å²) < 4.78 is 0. The molecule has 1 amide bonds. The van der Waals surface area contributed by atoms with Crippen molar-refractivity contribution in [1.29, 1.82) is 0 Å². The number of Topliss-reactive ketones (excluding diaryl/α,β-unsaturated/α-hetero) is 1. The molecular weight excluding hydrogens is 420 g/mol. The van der Waals surface area contributed by atoms with Gasteiger partial charge in [-0.2, -0.15) is 0 Å². The molecule has 0 atom stereocenters. The summed E-state index contributed by atoms with van der Waals surface area (Å²) in [5, 5.41) is 0. The van der Waals surface area contributed by atoms with Crippen molar-refractivity contribution >= 4 is 29.8 Å². The van der Waals surface area contributed by atoms with E-state index in [1.165, 1.54) is 41.6 Å². The van der Waals surface area contributed by atoms with Crippen LogP contribution in [0.3, 0.4) is 0 Å². The van der Waals surface area contributed by atoms with E-state index >= 15 is 0 Å². The Balaban J connectivity index is 0.00000245. The van der Waals surface area contributed by atoms with Crippen LogP contribution < -0.4 is 4.90 Å². The molecule has 0 aromatic heterocycles. The second kappa shape index (κ2) is 10.2. The van der Waals surface area contributed by atoms with Gasteiger partial charge in [-0.1, -0.05) is 30.7 Å². The van der Waals surface area contributed by atoms with Crippen molar-refractivity contribution in [3.8, 4) is 0 Å². The molecule has 0 bridgehead atoms. The summed E-state index contributed by atoms with van der Waals surface area (Å²) in [5.41, 5.74) is 7.34. The molecule has 0 saturated heterocycles. The lowest BCUT2D eigenvalue weighted by Crippen LogP contribution is -2.32. The first-order valence-electron chi connectivity index (χ1n) is 12.0. The van der Waals surface area contributed by atoms with Gasteiger partial charge in [-0.05, 0) is 86.0 Å². The first-order chi connectivity index (χ1) is 15.2. The third-order valence-corrected chi connectivity index (χ3v) is 7.18. The molecule has 0 unspecified atom stereocenters. The third kappa shape index (κ3) is 4.77. The van der Waals surface area contributed by atoms with Gasteiger partial charge in [0.2, 0.25) is 5.91 Å². The van der Waals surface area contributed by atoms with E-state index in [0.29, 0.717) is 12.8 Å². The molecule has 170 valence electrons. The molecular formula is C27H33ClN2O2. The highest BCUT2D eigenvalue weighted by Gasteiger charge is 2.31. The lowest BCUT2D eigenvalue weighted by Gasteiger charge is -2.25. The normalized spacial score (nSPS) is 17.4. The van der Waals surface area contributed by atoms with E-state index in [0.717, 1.165) is 63.0 Å². The Kier molecular flexibility index (Phi) is 7.32. The molecule has 0 N–H and O–H groups in total.